The summed E-state index contributed by atoms with van der Waals surface area (Å²) in [7, 11) is -2.09. The first-order valence-electron chi connectivity index (χ1n) is 5.93. The molecule has 1 aromatic rings. The predicted octanol–water partition coefficient (Wildman–Crippen LogP) is 2.40. The van der Waals surface area contributed by atoms with Crippen molar-refractivity contribution in [1.29, 1.82) is 0 Å². The lowest BCUT2D eigenvalue weighted by atomic mass is 9.90. The standard InChI is InChI=1S/C13H20NOP/c1-16(2,15)13-5-3-11(4-6-13)12-7-9-14-10-8-12/h3-6,12,14H,7-10H2,1-2H3. The van der Waals surface area contributed by atoms with Crippen LogP contribution in [-0.2, 0) is 4.57 Å². The van der Waals surface area contributed by atoms with Gasteiger partial charge < -0.3 is 9.88 Å². The second-order valence-electron chi connectivity index (χ2n) is 4.97. The quantitative estimate of drug-likeness (QED) is 0.800. The van der Waals surface area contributed by atoms with Gasteiger partial charge in [0.05, 0.1) is 0 Å². The predicted molar refractivity (Wildman–Crippen MR) is 70.4 cm³/mol. The topological polar surface area (TPSA) is 29.1 Å². The fourth-order valence-corrected chi connectivity index (χ4v) is 3.13. The summed E-state index contributed by atoms with van der Waals surface area (Å²) < 4.78 is 11.9. The Bertz CT molecular complexity index is 387. The van der Waals surface area contributed by atoms with Crippen LogP contribution in [0.15, 0.2) is 24.3 Å². The highest BCUT2D eigenvalue weighted by Gasteiger charge is 2.16. The van der Waals surface area contributed by atoms with Crippen molar-refractivity contribution in [3.05, 3.63) is 29.8 Å². The van der Waals surface area contributed by atoms with Crippen LogP contribution in [0.5, 0.6) is 0 Å². The van der Waals surface area contributed by atoms with Gasteiger partial charge in [-0.3, -0.25) is 0 Å². The van der Waals surface area contributed by atoms with E-state index in [2.05, 4.69) is 17.4 Å². The van der Waals surface area contributed by atoms with Crippen LogP contribution < -0.4 is 10.6 Å². The highest BCUT2D eigenvalue weighted by Crippen LogP contribution is 2.35. The molecule has 1 aromatic carbocycles. The van der Waals surface area contributed by atoms with E-state index in [-0.39, 0.29) is 0 Å². The molecular weight excluding hydrogens is 217 g/mol. The zero-order valence-corrected chi connectivity index (χ0v) is 11.0. The maximum absolute atomic E-state index is 11.9. The minimum Gasteiger partial charge on any atom is -0.319 e. The molecule has 0 aliphatic carbocycles. The fraction of sp³-hybridized carbons (Fsp3) is 0.538. The van der Waals surface area contributed by atoms with Gasteiger partial charge in [-0.1, -0.05) is 24.3 Å². The third kappa shape index (κ3) is 2.75. The van der Waals surface area contributed by atoms with Crippen LogP contribution in [0.2, 0.25) is 0 Å². The normalized spacial score (nSPS) is 18.6. The number of piperidine rings is 1. The molecule has 1 saturated heterocycles. The summed E-state index contributed by atoms with van der Waals surface area (Å²) in [5.74, 6) is 0.684. The Morgan fingerprint density at radius 2 is 1.69 bits per heavy atom. The molecule has 0 atom stereocenters. The summed E-state index contributed by atoms with van der Waals surface area (Å²) in [4.78, 5) is 0. The van der Waals surface area contributed by atoms with Gasteiger partial charge in [-0.15, -0.1) is 0 Å². The average Bonchev–Trinajstić information content (AvgIpc) is 2.29. The Hall–Kier alpha value is -0.590. The molecule has 0 saturated carbocycles. The van der Waals surface area contributed by atoms with Gasteiger partial charge in [-0.25, -0.2) is 0 Å². The zero-order chi connectivity index (χ0) is 11.6. The van der Waals surface area contributed by atoms with E-state index in [1.807, 2.05) is 25.5 Å². The third-order valence-electron chi connectivity index (χ3n) is 3.33. The van der Waals surface area contributed by atoms with E-state index in [4.69, 9.17) is 0 Å². The van der Waals surface area contributed by atoms with Crippen LogP contribution in [0.25, 0.3) is 0 Å². The summed E-state index contributed by atoms with van der Waals surface area (Å²) in [6, 6.07) is 8.40. The van der Waals surface area contributed by atoms with E-state index >= 15 is 0 Å². The van der Waals surface area contributed by atoms with Crippen LogP contribution in [0.3, 0.4) is 0 Å². The van der Waals surface area contributed by atoms with Crippen molar-refractivity contribution in [1.82, 2.24) is 5.32 Å². The minimum atomic E-state index is -2.09. The lowest BCUT2D eigenvalue weighted by Crippen LogP contribution is -2.26. The molecule has 1 aliphatic heterocycles. The summed E-state index contributed by atoms with van der Waals surface area (Å²) in [5, 5.41) is 4.37. The van der Waals surface area contributed by atoms with E-state index in [9.17, 15) is 4.57 Å². The largest absolute Gasteiger partial charge is 0.319 e. The molecule has 0 aromatic heterocycles. The number of hydrogen-bond donors (Lipinski definition) is 1. The van der Waals surface area contributed by atoms with Gasteiger partial charge in [0.15, 0.2) is 0 Å². The molecule has 2 rings (SSSR count). The van der Waals surface area contributed by atoms with Crippen molar-refractivity contribution in [3.8, 4) is 0 Å². The van der Waals surface area contributed by atoms with E-state index < -0.39 is 7.14 Å². The first-order chi connectivity index (χ1) is 7.57. The molecule has 3 heteroatoms. The van der Waals surface area contributed by atoms with Crippen LogP contribution in [-0.4, -0.2) is 26.4 Å². The van der Waals surface area contributed by atoms with E-state index in [1.165, 1.54) is 18.4 Å². The zero-order valence-electron chi connectivity index (χ0n) is 10.1. The van der Waals surface area contributed by atoms with E-state index in [0.717, 1.165) is 18.4 Å². The summed E-state index contributed by atoms with van der Waals surface area (Å²) in [6.45, 7) is 5.89. The molecule has 1 aliphatic rings. The molecule has 1 fully saturated rings. The summed E-state index contributed by atoms with van der Waals surface area (Å²) >= 11 is 0. The highest BCUT2D eigenvalue weighted by atomic mass is 31.2. The Labute approximate surface area is 97.8 Å². The first kappa shape index (κ1) is 11.9. The van der Waals surface area contributed by atoms with Crippen molar-refractivity contribution in [2.24, 2.45) is 0 Å². The molecule has 0 amide bonds. The van der Waals surface area contributed by atoms with Gasteiger partial charge in [0.1, 0.15) is 7.14 Å². The molecule has 1 N–H and O–H groups in total. The van der Waals surface area contributed by atoms with Gasteiger partial charge in [0, 0.05) is 5.30 Å². The first-order valence-corrected chi connectivity index (χ1v) is 8.54. The lowest BCUT2D eigenvalue weighted by molar-refractivity contribution is 0.460. The van der Waals surface area contributed by atoms with Gasteiger partial charge in [-0.05, 0) is 50.7 Å². The second kappa shape index (κ2) is 4.73. The van der Waals surface area contributed by atoms with Crippen LogP contribution >= 0.6 is 7.14 Å². The smallest absolute Gasteiger partial charge is 0.109 e. The van der Waals surface area contributed by atoms with Crippen LogP contribution in [0.1, 0.15) is 24.3 Å². The second-order valence-corrected chi connectivity index (χ2v) is 8.18. The highest BCUT2D eigenvalue weighted by molar-refractivity contribution is 7.70. The molecule has 0 radical (unpaired) electrons. The number of rotatable bonds is 2. The number of nitrogens with one attached hydrogen (secondary N) is 1. The Kier molecular flexibility index (Phi) is 3.51. The third-order valence-corrected chi connectivity index (χ3v) is 4.87. The molecule has 0 bridgehead atoms. The SMILES string of the molecule is CP(C)(=O)c1ccc(C2CCNCC2)cc1. The van der Waals surface area contributed by atoms with E-state index in [1.54, 1.807) is 0 Å². The minimum absolute atomic E-state index is 0.684. The number of benzene rings is 1. The average molecular weight is 237 g/mol. The molecular formula is C13H20NOP. The van der Waals surface area contributed by atoms with Crippen LogP contribution in [0.4, 0.5) is 0 Å². The van der Waals surface area contributed by atoms with Gasteiger partial charge in [0.2, 0.25) is 0 Å². The Morgan fingerprint density at radius 1 is 1.12 bits per heavy atom. The molecule has 1 heterocycles. The summed E-state index contributed by atoms with van der Waals surface area (Å²) in [5.41, 5.74) is 1.40. The molecule has 0 unspecified atom stereocenters. The van der Waals surface area contributed by atoms with Crippen molar-refractivity contribution in [2.45, 2.75) is 18.8 Å². The Morgan fingerprint density at radius 3 is 2.19 bits per heavy atom. The lowest BCUT2D eigenvalue weighted by Gasteiger charge is -2.23. The van der Waals surface area contributed by atoms with Gasteiger partial charge in [0.25, 0.3) is 0 Å². The van der Waals surface area contributed by atoms with Crippen molar-refractivity contribution < 1.29 is 4.57 Å². The van der Waals surface area contributed by atoms with Crippen molar-refractivity contribution in [3.63, 3.8) is 0 Å². The van der Waals surface area contributed by atoms with Crippen molar-refractivity contribution in [2.75, 3.05) is 26.4 Å². The van der Waals surface area contributed by atoms with Crippen LogP contribution in [0, 0.1) is 0 Å². The summed E-state index contributed by atoms with van der Waals surface area (Å²) in [6.07, 6.45) is 2.44. The van der Waals surface area contributed by atoms with Crippen molar-refractivity contribution >= 4 is 12.4 Å². The number of hydrogen-bond acceptors (Lipinski definition) is 2. The maximum atomic E-state index is 11.9. The molecule has 16 heavy (non-hydrogen) atoms. The molecule has 2 nitrogen and oxygen atoms in total. The monoisotopic (exact) mass is 237 g/mol. The van der Waals surface area contributed by atoms with E-state index in [0.29, 0.717) is 5.92 Å². The molecule has 88 valence electrons. The van der Waals surface area contributed by atoms with Gasteiger partial charge >= 0.3 is 0 Å². The fourth-order valence-electron chi connectivity index (χ4n) is 2.26. The molecule has 0 spiro atoms. The Balaban J connectivity index is 2.15. The maximum Gasteiger partial charge on any atom is 0.109 e. The van der Waals surface area contributed by atoms with Gasteiger partial charge in [-0.2, -0.15) is 0 Å².